The van der Waals surface area contributed by atoms with Gasteiger partial charge in [0.25, 0.3) is 0 Å². The summed E-state index contributed by atoms with van der Waals surface area (Å²) in [4.78, 5) is 16.4. The summed E-state index contributed by atoms with van der Waals surface area (Å²) in [6, 6.07) is 28.1. The fourth-order valence-electron chi connectivity index (χ4n) is 3.98. The van der Waals surface area contributed by atoms with E-state index in [1.54, 1.807) is 6.92 Å². The third-order valence-corrected chi connectivity index (χ3v) is 6.02. The number of hydrogen-bond donors (Lipinski definition) is 2. The molecule has 0 spiro atoms. The molecule has 0 radical (unpaired) electrons. The van der Waals surface area contributed by atoms with Gasteiger partial charge in [-0.25, -0.2) is 0 Å². The molecule has 3 aromatic rings. The molecular formula is C32H33N3O2. The van der Waals surface area contributed by atoms with Crippen molar-refractivity contribution in [3.8, 4) is 5.75 Å². The van der Waals surface area contributed by atoms with Crippen LogP contribution in [0.1, 0.15) is 31.7 Å². The van der Waals surface area contributed by atoms with Crippen molar-refractivity contribution < 1.29 is 9.53 Å². The van der Waals surface area contributed by atoms with Gasteiger partial charge in [0.15, 0.2) is 0 Å². The average molecular weight is 492 g/mol. The lowest BCUT2D eigenvalue weighted by Crippen LogP contribution is -2.25. The summed E-state index contributed by atoms with van der Waals surface area (Å²) < 4.78 is 6.49. The molecule has 0 saturated carbocycles. The van der Waals surface area contributed by atoms with Crippen LogP contribution >= 0.6 is 0 Å². The highest BCUT2D eigenvalue weighted by molar-refractivity contribution is 5.92. The minimum Gasteiger partial charge on any atom is -0.457 e. The molecule has 0 aliphatic heterocycles. The van der Waals surface area contributed by atoms with E-state index < -0.39 is 0 Å². The number of aliphatic imine (C=N–C) groups is 1. The van der Waals surface area contributed by atoms with Crippen LogP contribution in [0.2, 0.25) is 0 Å². The molecule has 0 fully saturated rings. The molecule has 5 nitrogen and oxygen atoms in total. The molecule has 1 aliphatic carbocycles. The van der Waals surface area contributed by atoms with E-state index >= 15 is 0 Å². The van der Waals surface area contributed by atoms with Gasteiger partial charge >= 0.3 is 0 Å². The van der Waals surface area contributed by atoms with Crippen molar-refractivity contribution in [2.45, 2.75) is 32.6 Å². The van der Waals surface area contributed by atoms with Crippen molar-refractivity contribution in [3.63, 3.8) is 0 Å². The number of amides is 1. The van der Waals surface area contributed by atoms with E-state index in [0.29, 0.717) is 12.1 Å². The number of carbonyl (C=O) groups is 1. The first-order valence-electron chi connectivity index (χ1n) is 12.6. The summed E-state index contributed by atoms with van der Waals surface area (Å²) in [6.07, 6.45) is 7.55. The molecule has 2 N–H and O–H groups in total. The molecular weight excluding hydrogens is 458 g/mol. The van der Waals surface area contributed by atoms with Crippen LogP contribution in [0, 0.1) is 0 Å². The van der Waals surface area contributed by atoms with Crippen LogP contribution in [0.3, 0.4) is 0 Å². The number of ether oxygens (including phenoxy) is 1. The van der Waals surface area contributed by atoms with Gasteiger partial charge in [-0.1, -0.05) is 55.1 Å². The van der Waals surface area contributed by atoms with Crippen LogP contribution in [0.15, 0.2) is 125 Å². The highest BCUT2D eigenvalue weighted by Crippen LogP contribution is 2.32. The molecule has 37 heavy (non-hydrogen) atoms. The first-order valence-corrected chi connectivity index (χ1v) is 12.6. The SMILES string of the molecule is C=C(C)C(=O)NCCc1ccc(OC2=C(/C=N/c3ccccc3)CCC/C2=C\Nc2ccccc2)cc1. The second kappa shape index (κ2) is 13.1. The summed E-state index contributed by atoms with van der Waals surface area (Å²) in [6.45, 7) is 5.94. The maximum atomic E-state index is 11.7. The Kier molecular flexibility index (Phi) is 9.08. The quantitative estimate of drug-likeness (QED) is 0.234. The van der Waals surface area contributed by atoms with Crippen molar-refractivity contribution in [1.29, 1.82) is 0 Å². The summed E-state index contributed by atoms with van der Waals surface area (Å²) in [5.41, 5.74) is 5.76. The smallest absolute Gasteiger partial charge is 0.246 e. The van der Waals surface area contributed by atoms with E-state index in [4.69, 9.17) is 9.73 Å². The lowest BCUT2D eigenvalue weighted by molar-refractivity contribution is -0.117. The van der Waals surface area contributed by atoms with Gasteiger partial charge in [0.1, 0.15) is 11.5 Å². The molecule has 0 atom stereocenters. The number of allylic oxidation sites excluding steroid dienone is 2. The summed E-state index contributed by atoms with van der Waals surface area (Å²) in [7, 11) is 0. The summed E-state index contributed by atoms with van der Waals surface area (Å²) in [5.74, 6) is 1.50. The number of hydrogen-bond acceptors (Lipinski definition) is 4. The predicted octanol–water partition coefficient (Wildman–Crippen LogP) is 7.14. The van der Waals surface area contributed by atoms with Gasteiger partial charge in [0, 0.05) is 41.4 Å². The number of nitrogens with one attached hydrogen (secondary N) is 2. The Morgan fingerprint density at radius 2 is 1.68 bits per heavy atom. The zero-order valence-corrected chi connectivity index (χ0v) is 21.2. The maximum Gasteiger partial charge on any atom is 0.246 e. The fraction of sp³-hybridized carbons (Fsp3) is 0.188. The lowest BCUT2D eigenvalue weighted by atomic mass is 9.94. The van der Waals surface area contributed by atoms with E-state index in [-0.39, 0.29) is 5.91 Å². The zero-order valence-electron chi connectivity index (χ0n) is 21.2. The Bertz CT molecular complexity index is 1290. The van der Waals surface area contributed by atoms with E-state index in [0.717, 1.165) is 65.3 Å². The molecule has 4 rings (SSSR count). The highest BCUT2D eigenvalue weighted by atomic mass is 16.5. The van der Waals surface area contributed by atoms with Crippen LogP contribution in [0.4, 0.5) is 11.4 Å². The minimum absolute atomic E-state index is 0.114. The first-order chi connectivity index (χ1) is 18.1. The molecule has 0 saturated heterocycles. The molecule has 0 aromatic heterocycles. The summed E-state index contributed by atoms with van der Waals surface area (Å²) >= 11 is 0. The standard InChI is InChI=1S/C32H33N3O2/c1-24(2)32(36)33-21-20-25-16-18-30(19-17-25)37-31-26(22-34-28-12-5-3-6-13-28)10-9-11-27(31)23-35-29-14-7-4-8-15-29/h3-8,12-19,22-23,34H,1,9-11,20-21H2,2H3,(H,33,36)/b26-22+,35-23+. The molecule has 0 bridgehead atoms. The van der Waals surface area contributed by atoms with Gasteiger partial charge in [-0.05, 0) is 74.6 Å². The monoisotopic (exact) mass is 491 g/mol. The number of rotatable bonds is 10. The van der Waals surface area contributed by atoms with Crippen molar-refractivity contribution in [2.24, 2.45) is 4.99 Å². The average Bonchev–Trinajstić information content (AvgIpc) is 2.93. The third kappa shape index (κ3) is 7.80. The van der Waals surface area contributed by atoms with E-state index in [9.17, 15) is 4.79 Å². The van der Waals surface area contributed by atoms with Gasteiger partial charge in [-0.2, -0.15) is 0 Å². The van der Waals surface area contributed by atoms with Gasteiger partial charge in [0.05, 0.1) is 5.69 Å². The lowest BCUT2D eigenvalue weighted by Gasteiger charge is -2.22. The third-order valence-electron chi connectivity index (χ3n) is 6.02. The summed E-state index contributed by atoms with van der Waals surface area (Å²) in [5, 5.41) is 6.28. The second-order valence-electron chi connectivity index (χ2n) is 9.01. The van der Waals surface area contributed by atoms with Gasteiger partial charge < -0.3 is 15.4 Å². The minimum atomic E-state index is -0.114. The normalized spacial score (nSPS) is 14.6. The van der Waals surface area contributed by atoms with Crippen LogP contribution in [-0.4, -0.2) is 18.7 Å². The molecule has 1 amide bonds. The molecule has 1 aliphatic rings. The van der Waals surface area contributed by atoms with Crippen LogP contribution in [0.5, 0.6) is 5.75 Å². The van der Waals surface area contributed by atoms with Crippen LogP contribution < -0.4 is 15.4 Å². The van der Waals surface area contributed by atoms with Crippen LogP contribution in [0.25, 0.3) is 0 Å². The van der Waals surface area contributed by atoms with Gasteiger partial charge in [-0.15, -0.1) is 0 Å². The Morgan fingerprint density at radius 3 is 2.38 bits per heavy atom. The predicted molar refractivity (Wildman–Crippen MR) is 152 cm³/mol. The Labute approximate surface area is 219 Å². The molecule has 5 heteroatoms. The Balaban J connectivity index is 1.53. The van der Waals surface area contributed by atoms with E-state index in [1.165, 1.54) is 0 Å². The molecule has 188 valence electrons. The van der Waals surface area contributed by atoms with Crippen molar-refractivity contribution in [1.82, 2.24) is 5.32 Å². The topological polar surface area (TPSA) is 62.7 Å². The van der Waals surface area contributed by atoms with Crippen LogP contribution in [-0.2, 0) is 11.2 Å². The zero-order chi connectivity index (χ0) is 25.9. The van der Waals surface area contributed by atoms with E-state index in [2.05, 4.69) is 17.2 Å². The van der Waals surface area contributed by atoms with Gasteiger partial charge in [0.2, 0.25) is 5.91 Å². The largest absolute Gasteiger partial charge is 0.457 e. The molecule has 0 unspecified atom stereocenters. The number of nitrogens with zero attached hydrogens (tertiary/aromatic N) is 1. The number of para-hydroxylation sites is 2. The van der Waals surface area contributed by atoms with Crippen molar-refractivity contribution >= 4 is 23.5 Å². The Morgan fingerprint density at radius 1 is 0.973 bits per heavy atom. The van der Waals surface area contributed by atoms with Crippen molar-refractivity contribution in [3.05, 3.63) is 126 Å². The first kappa shape index (κ1) is 25.7. The number of carbonyl (C=O) groups excluding carboxylic acids is 1. The van der Waals surface area contributed by atoms with E-state index in [1.807, 2.05) is 97.3 Å². The van der Waals surface area contributed by atoms with Crippen molar-refractivity contribution in [2.75, 3.05) is 11.9 Å². The fourth-order valence-corrected chi connectivity index (χ4v) is 3.98. The second-order valence-corrected chi connectivity index (χ2v) is 9.01. The highest BCUT2D eigenvalue weighted by Gasteiger charge is 2.19. The number of anilines is 1. The van der Waals surface area contributed by atoms with Gasteiger partial charge in [-0.3, -0.25) is 9.79 Å². The Hall–Kier alpha value is -4.38. The molecule has 3 aromatic carbocycles. The molecule has 0 heterocycles. The number of benzene rings is 3. The maximum absolute atomic E-state index is 11.7.